The van der Waals surface area contributed by atoms with E-state index in [0.717, 1.165) is 0 Å². The van der Waals surface area contributed by atoms with E-state index in [1.54, 1.807) is 24.3 Å². The van der Waals surface area contributed by atoms with Gasteiger partial charge < -0.3 is 30.5 Å². The molecule has 1 radical (unpaired) electrons. The molecule has 1 aromatic carbocycles. The van der Waals surface area contributed by atoms with Crippen LogP contribution < -0.4 is 21.6 Å². The predicted molar refractivity (Wildman–Crippen MR) is 67.2 cm³/mol. The maximum absolute atomic E-state index is 5.58. The highest BCUT2D eigenvalue weighted by atomic mass is 28.3. The van der Waals surface area contributed by atoms with Crippen molar-refractivity contribution in [2.24, 2.45) is 11.5 Å². The van der Waals surface area contributed by atoms with Crippen LogP contribution in [0.1, 0.15) is 0 Å². The Bertz CT molecular complexity index is 302. The molecule has 0 saturated carbocycles. The summed E-state index contributed by atoms with van der Waals surface area (Å²) in [5.74, 6) is 0.655. The molecule has 17 heavy (non-hydrogen) atoms. The standard InChI is InChI=1S/C10H18N3O3Si/c11-5-7-14-17(15-8-6-12)16-10-3-1-9(13)2-4-10/h1-4H,5-8,11-13H2. The monoisotopic (exact) mass is 256 g/mol. The van der Waals surface area contributed by atoms with E-state index in [9.17, 15) is 0 Å². The lowest BCUT2D eigenvalue weighted by atomic mass is 10.3. The second kappa shape index (κ2) is 8.04. The third-order valence-corrected chi connectivity index (χ3v) is 3.04. The molecule has 0 unspecified atom stereocenters. The second-order valence-electron chi connectivity index (χ2n) is 3.20. The average Bonchev–Trinajstić information content (AvgIpc) is 2.35. The first-order valence-corrected chi connectivity index (χ1v) is 6.55. The van der Waals surface area contributed by atoms with Crippen LogP contribution in [0.2, 0.25) is 0 Å². The van der Waals surface area contributed by atoms with Crippen LogP contribution in [0.3, 0.4) is 0 Å². The molecule has 7 heteroatoms. The number of anilines is 1. The van der Waals surface area contributed by atoms with Gasteiger partial charge in [0.05, 0.1) is 13.2 Å². The molecule has 6 nitrogen and oxygen atoms in total. The third kappa shape index (κ3) is 5.66. The molecule has 0 atom stereocenters. The highest BCUT2D eigenvalue weighted by Crippen LogP contribution is 2.14. The molecule has 0 heterocycles. The number of hydrogen-bond acceptors (Lipinski definition) is 6. The molecule has 0 aromatic heterocycles. The highest BCUT2D eigenvalue weighted by molar-refractivity contribution is 6.37. The van der Waals surface area contributed by atoms with Crippen molar-refractivity contribution in [2.45, 2.75) is 0 Å². The Morgan fingerprint density at radius 1 is 0.941 bits per heavy atom. The summed E-state index contributed by atoms with van der Waals surface area (Å²) < 4.78 is 16.3. The van der Waals surface area contributed by atoms with Gasteiger partial charge in [-0.25, -0.2) is 0 Å². The van der Waals surface area contributed by atoms with Crippen LogP contribution in [0.5, 0.6) is 5.75 Å². The fraction of sp³-hybridized carbons (Fsp3) is 0.400. The lowest BCUT2D eigenvalue weighted by Crippen LogP contribution is -2.34. The highest BCUT2D eigenvalue weighted by Gasteiger charge is 2.21. The van der Waals surface area contributed by atoms with Crippen LogP contribution in [0.4, 0.5) is 5.69 Å². The van der Waals surface area contributed by atoms with E-state index in [1.807, 2.05) is 0 Å². The molecular weight excluding hydrogens is 238 g/mol. The summed E-state index contributed by atoms with van der Waals surface area (Å²) >= 11 is 0. The summed E-state index contributed by atoms with van der Waals surface area (Å²) in [5.41, 5.74) is 17.0. The second-order valence-corrected chi connectivity index (χ2v) is 4.48. The molecule has 0 aliphatic heterocycles. The summed E-state index contributed by atoms with van der Waals surface area (Å²) in [6, 6.07) is 7.02. The van der Waals surface area contributed by atoms with Crippen LogP contribution in [-0.2, 0) is 8.85 Å². The fourth-order valence-corrected chi connectivity index (χ4v) is 2.12. The summed E-state index contributed by atoms with van der Waals surface area (Å²) in [5, 5.41) is 0. The zero-order chi connectivity index (χ0) is 12.5. The Labute approximate surface area is 103 Å². The number of nitrogens with two attached hydrogens (primary N) is 3. The smallest absolute Gasteiger partial charge is 0.498 e. The van der Waals surface area contributed by atoms with E-state index in [2.05, 4.69) is 0 Å². The summed E-state index contributed by atoms with van der Waals surface area (Å²) in [4.78, 5) is 0. The van der Waals surface area contributed by atoms with Crippen molar-refractivity contribution in [3.63, 3.8) is 0 Å². The molecular formula is C10H18N3O3Si. The molecule has 0 bridgehead atoms. The van der Waals surface area contributed by atoms with Gasteiger partial charge in [-0.05, 0) is 24.3 Å². The summed E-state index contributed by atoms with van der Waals surface area (Å²) in [6.45, 7) is 1.64. The van der Waals surface area contributed by atoms with Crippen LogP contribution in [0, 0.1) is 0 Å². The van der Waals surface area contributed by atoms with Gasteiger partial charge in [0.25, 0.3) is 0 Å². The van der Waals surface area contributed by atoms with E-state index in [0.29, 0.717) is 37.7 Å². The van der Waals surface area contributed by atoms with Crippen molar-refractivity contribution in [2.75, 3.05) is 32.0 Å². The van der Waals surface area contributed by atoms with Gasteiger partial charge in [0.15, 0.2) is 0 Å². The molecule has 6 N–H and O–H groups in total. The minimum absolute atomic E-state index is 0.397. The summed E-state index contributed by atoms with van der Waals surface area (Å²) in [7, 11) is -1.84. The first kappa shape index (κ1) is 13.9. The quantitative estimate of drug-likeness (QED) is 0.431. The van der Waals surface area contributed by atoms with Gasteiger partial charge in [0.2, 0.25) is 0 Å². The van der Waals surface area contributed by atoms with E-state index in [-0.39, 0.29) is 0 Å². The van der Waals surface area contributed by atoms with Crippen molar-refractivity contribution < 1.29 is 13.3 Å². The van der Waals surface area contributed by atoms with E-state index in [1.165, 1.54) is 0 Å². The first-order valence-electron chi connectivity index (χ1n) is 5.32. The first-order chi connectivity index (χ1) is 8.26. The number of hydrogen-bond donors (Lipinski definition) is 3. The molecule has 0 aliphatic carbocycles. The summed E-state index contributed by atoms with van der Waals surface area (Å²) in [6.07, 6.45) is 0. The predicted octanol–water partition coefficient (Wildman–Crippen LogP) is -0.417. The van der Waals surface area contributed by atoms with Crippen LogP contribution in [0.15, 0.2) is 24.3 Å². The van der Waals surface area contributed by atoms with Crippen LogP contribution in [0.25, 0.3) is 0 Å². The van der Waals surface area contributed by atoms with Gasteiger partial charge in [-0.15, -0.1) is 0 Å². The average molecular weight is 256 g/mol. The van der Waals surface area contributed by atoms with E-state index in [4.69, 9.17) is 30.5 Å². The fourth-order valence-electron chi connectivity index (χ4n) is 1.02. The Balaban J connectivity index is 2.48. The molecule has 95 valence electrons. The largest absolute Gasteiger partial charge is 0.656 e. The molecule has 0 spiro atoms. The van der Waals surface area contributed by atoms with Crippen molar-refractivity contribution >= 4 is 15.2 Å². The Morgan fingerprint density at radius 2 is 1.47 bits per heavy atom. The maximum atomic E-state index is 5.58. The number of nitrogen functional groups attached to an aromatic ring is 1. The third-order valence-electron chi connectivity index (χ3n) is 1.76. The molecule has 0 aliphatic rings. The number of benzene rings is 1. The van der Waals surface area contributed by atoms with Crippen molar-refractivity contribution in [1.29, 1.82) is 0 Å². The van der Waals surface area contributed by atoms with Gasteiger partial charge in [-0.1, -0.05) is 0 Å². The molecule has 0 fully saturated rings. The SMILES string of the molecule is NCCO[Si](OCCN)Oc1ccc(N)cc1. The molecule has 0 amide bonds. The van der Waals surface area contributed by atoms with E-state index >= 15 is 0 Å². The number of rotatable bonds is 8. The Kier molecular flexibility index (Phi) is 6.59. The zero-order valence-electron chi connectivity index (χ0n) is 9.59. The van der Waals surface area contributed by atoms with Gasteiger partial charge in [-0.3, -0.25) is 0 Å². The van der Waals surface area contributed by atoms with Crippen molar-refractivity contribution in [1.82, 2.24) is 0 Å². The normalized spacial score (nSPS) is 10.8. The Hall–Kier alpha value is -1.12. The zero-order valence-corrected chi connectivity index (χ0v) is 10.6. The van der Waals surface area contributed by atoms with Gasteiger partial charge in [0, 0.05) is 18.8 Å². The van der Waals surface area contributed by atoms with Gasteiger partial charge in [-0.2, -0.15) is 0 Å². The minimum atomic E-state index is -1.84. The lowest BCUT2D eigenvalue weighted by molar-refractivity contribution is 0.147. The van der Waals surface area contributed by atoms with Crippen LogP contribution >= 0.6 is 0 Å². The van der Waals surface area contributed by atoms with Crippen molar-refractivity contribution in [3.05, 3.63) is 24.3 Å². The molecule has 1 rings (SSSR count). The van der Waals surface area contributed by atoms with E-state index < -0.39 is 9.53 Å². The molecule has 0 saturated heterocycles. The molecule has 1 aromatic rings. The van der Waals surface area contributed by atoms with Gasteiger partial charge >= 0.3 is 9.53 Å². The minimum Gasteiger partial charge on any atom is -0.498 e. The maximum Gasteiger partial charge on any atom is 0.656 e. The van der Waals surface area contributed by atoms with Crippen LogP contribution in [-0.4, -0.2) is 35.8 Å². The topological polar surface area (TPSA) is 106 Å². The lowest BCUT2D eigenvalue weighted by Gasteiger charge is -2.14. The van der Waals surface area contributed by atoms with Gasteiger partial charge in [0.1, 0.15) is 5.75 Å². The van der Waals surface area contributed by atoms with Crippen molar-refractivity contribution in [3.8, 4) is 5.75 Å². The Morgan fingerprint density at radius 3 is 1.94 bits per heavy atom.